The van der Waals surface area contributed by atoms with Crippen LogP contribution in [0.15, 0.2) is 18.2 Å². The third-order valence-electron chi connectivity index (χ3n) is 3.51. The number of hydrogen-bond acceptors (Lipinski definition) is 3. The average Bonchev–Trinajstić information content (AvgIpc) is 2.36. The van der Waals surface area contributed by atoms with Crippen molar-refractivity contribution in [3.05, 3.63) is 29.0 Å². The zero-order valence-corrected chi connectivity index (χ0v) is 14.2. The van der Waals surface area contributed by atoms with Crippen LogP contribution >= 0.6 is 11.6 Å². The molecule has 0 saturated carbocycles. The predicted octanol–water partition coefficient (Wildman–Crippen LogP) is 3.92. The standard InChI is InChI=1S/C16H22ClFN2O2/c1-11-10-19(14-6-5-12(18)9-13(14)17)7-8-20(11)15(21)22-16(2,3)4/h5-6,9,11H,7-8,10H2,1-4H3. The number of rotatable bonds is 1. The lowest BCUT2D eigenvalue weighted by molar-refractivity contribution is 0.0159. The fourth-order valence-corrected chi connectivity index (χ4v) is 2.79. The molecule has 1 fully saturated rings. The van der Waals surface area contributed by atoms with Crippen LogP contribution in [-0.2, 0) is 4.74 Å². The summed E-state index contributed by atoms with van der Waals surface area (Å²) in [6.07, 6.45) is -0.301. The molecule has 0 spiro atoms. The van der Waals surface area contributed by atoms with E-state index in [1.54, 1.807) is 11.0 Å². The lowest BCUT2D eigenvalue weighted by Crippen LogP contribution is -2.55. The van der Waals surface area contributed by atoms with Crippen molar-refractivity contribution in [1.29, 1.82) is 0 Å². The van der Waals surface area contributed by atoms with Crippen molar-refractivity contribution in [2.75, 3.05) is 24.5 Å². The molecule has 2 rings (SSSR count). The topological polar surface area (TPSA) is 32.8 Å². The van der Waals surface area contributed by atoms with Gasteiger partial charge in [-0.15, -0.1) is 0 Å². The number of benzene rings is 1. The third-order valence-corrected chi connectivity index (χ3v) is 3.81. The van der Waals surface area contributed by atoms with E-state index in [2.05, 4.69) is 4.90 Å². The zero-order chi connectivity index (χ0) is 16.5. The van der Waals surface area contributed by atoms with Crippen LogP contribution in [0.5, 0.6) is 0 Å². The Morgan fingerprint density at radius 2 is 2.05 bits per heavy atom. The number of amides is 1. The van der Waals surface area contributed by atoms with Crippen LogP contribution in [0.3, 0.4) is 0 Å². The molecule has 1 saturated heterocycles. The molecule has 1 aromatic rings. The summed E-state index contributed by atoms with van der Waals surface area (Å²) in [5, 5.41) is 0.387. The van der Waals surface area contributed by atoms with Gasteiger partial charge >= 0.3 is 6.09 Å². The SMILES string of the molecule is CC1CN(c2ccc(F)cc2Cl)CCN1C(=O)OC(C)(C)C. The Balaban J connectivity index is 2.05. The molecule has 1 atom stereocenters. The second-order valence-electron chi connectivity index (χ2n) is 6.56. The molecule has 4 nitrogen and oxygen atoms in total. The first-order valence-electron chi connectivity index (χ1n) is 7.37. The van der Waals surface area contributed by atoms with E-state index in [1.165, 1.54) is 12.1 Å². The number of anilines is 1. The molecule has 1 aliphatic rings. The van der Waals surface area contributed by atoms with E-state index in [4.69, 9.17) is 16.3 Å². The lowest BCUT2D eigenvalue weighted by atomic mass is 10.1. The highest BCUT2D eigenvalue weighted by Gasteiger charge is 2.31. The maximum Gasteiger partial charge on any atom is 0.410 e. The molecule has 122 valence electrons. The second-order valence-corrected chi connectivity index (χ2v) is 6.97. The number of ether oxygens (including phenoxy) is 1. The van der Waals surface area contributed by atoms with Crippen LogP contribution in [0.2, 0.25) is 5.02 Å². The largest absolute Gasteiger partial charge is 0.444 e. The molecule has 0 aromatic heterocycles. The van der Waals surface area contributed by atoms with Crippen molar-refractivity contribution in [3.8, 4) is 0 Å². The fraction of sp³-hybridized carbons (Fsp3) is 0.562. The summed E-state index contributed by atoms with van der Waals surface area (Å²) in [5.74, 6) is -0.353. The maximum absolute atomic E-state index is 13.1. The van der Waals surface area contributed by atoms with Gasteiger partial charge in [-0.25, -0.2) is 9.18 Å². The van der Waals surface area contributed by atoms with E-state index < -0.39 is 5.60 Å². The molecule has 1 aromatic carbocycles. The minimum atomic E-state index is -0.506. The lowest BCUT2D eigenvalue weighted by Gasteiger charge is -2.41. The van der Waals surface area contributed by atoms with Crippen molar-refractivity contribution in [1.82, 2.24) is 4.90 Å². The van der Waals surface area contributed by atoms with Gasteiger partial charge in [-0.3, -0.25) is 0 Å². The van der Waals surface area contributed by atoms with Crippen molar-refractivity contribution in [3.63, 3.8) is 0 Å². The van der Waals surface area contributed by atoms with E-state index in [0.717, 1.165) is 5.69 Å². The number of nitrogens with zero attached hydrogens (tertiary/aromatic N) is 2. The zero-order valence-electron chi connectivity index (χ0n) is 13.4. The van der Waals surface area contributed by atoms with Gasteiger partial charge in [-0.2, -0.15) is 0 Å². The molecule has 0 radical (unpaired) electrons. The Kier molecular flexibility index (Phi) is 4.85. The first-order chi connectivity index (χ1) is 10.2. The van der Waals surface area contributed by atoms with E-state index in [-0.39, 0.29) is 18.0 Å². The van der Waals surface area contributed by atoms with E-state index in [9.17, 15) is 9.18 Å². The van der Waals surface area contributed by atoms with E-state index in [0.29, 0.717) is 24.7 Å². The molecule has 6 heteroatoms. The third kappa shape index (κ3) is 4.03. The Hall–Kier alpha value is -1.49. The summed E-state index contributed by atoms with van der Waals surface area (Å²) >= 11 is 6.11. The van der Waals surface area contributed by atoms with Crippen LogP contribution in [0.1, 0.15) is 27.7 Å². The first-order valence-corrected chi connectivity index (χ1v) is 7.75. The predicted molar refractivity (Wildman–Crippen MR) is 86.0 cm³/mol. The van der Waals surface area contributed by atoms with Crippen molar-refractivity contribution < 1.29 is 13.9 Å². The average molecular weight is 329 g/mol. The Labute approximate surface area is 135 Å². The molecule has 0 bridgehead atoms. The molecule has 1 aliphatic heterocycles. The molecule has 1 unspecified atom stereocenters. The minimum absolute atomic E-state index is 0.00952. The number of hydrogen-bond donors (Lipinski definition) is 0. The highest BCUT2D eigenvalue weighted by molar-refractivity contribution is 6.33. The molecular formula is C16H22ClFN2O2. The number of carbonyl (C=O) groups excluding carboxylic acids is 1. The molecule has 0 aliphatic carbocycles. The van der Waals surface area contributed by atoms with Gasteiger partial charge in [-0.05, 0) is 45.9 Å². The van der Waals surface area contributed by atoms with Crippen LogP contribution in [0.4, 0.5) is 14.9 Å². The Morgan fingerprint density at radius 3 is 2.59 bits per heavy atom. The van der Waals surface area contributed by atoms with Crippen LogP contribution in [-0.4, -0.2) is 42.3 Å². The summed E-state index contributed by atoms with van der Waals surface area (Å²) in [6, 6.07) is 4.37. The Morgan fingerprint density at radius 1 is 1.36 bits per heavy atom. The molecule has 1 amide bonds. The van der Waals surface area contributed by atoms with E-state index >= 15 is 0 Å². The molecule has 22 heavy (non-hydrogen) atoms. The minimum Gasteiger partial charge on any atom is -0.444 e. The number of piperazine rings is 1. The number of halogens is 2. The van der Waals surface area contributed by atoms with Gasteiger partial charge in [0.05, 0.1) is 10.7 Å². The highest BCUT2D eigenvalue weighted by atomic mass is 35.5. The normalized spacial score (nSPS) is 19.3. The van der Waals surface area contributed by atoms with Crippen LogP contribution in [0, 0.1) is 5.82 Å². The van der Waals surface area contributed by atoms with Gasteiger partial charge < -0.3 is 14.5 Å². The van der Waals surface area contributed by atoms with Crippen LogP contribution in [0.25, 0.3) is 0 Å². The summed E-state index contributed by atoms with van der Waals surface area (Å²) < 4.78 is 18.6. The fourth-order valence-electron chi connectivity index (χ4n) is 2.51. The molecular weight excluding hydrogens is 307 g/mol. The van der Waals surface area contributed by atoms with Gasteiger partial charge in [0.25, 0.3) is 0 Å². The molecule has 1 heterocycles. The van der Waals surface area contributed by atoms with Crippen LogP contribution < -0.4 is 4.90 Å². The van der Waals surface area contributed by atoms with Gasteiger partial charge in [0, 0.05) is 25.7 Å². The van der Waals surface area contributed by atoms with Gasteiger partial charge in [0.1, 0.15) is 11.4 Å². The Bertz CT molecular complexity index is 560. The summed E-state index contributed by atoms with van der Waals surface area (Å²) in [7, 11) is 0. The van der Waals surface area contributed by atoms with Gasteiger partial charge in [0.15, 0.2) is 0 Å². The molecule has 0 N–H and O–H groups in total. The summed E-state index contributed by atoms with van der Waals surface area (Å²) in [5.41, 5.74) is 0.285. The van der Waals surface area contributed by atoms with Crippen molar-refractivity contribution >= 4 is 23.4 Å². The van der Waals surface area contributed by atoms with Crippen molar-refractivity contribution in [2.24, 2.45) is 0 Å². The van der Waals surface area contributed by atoms with Gasteiger partial charge in [0.2, 0.25) is 0 Å². The van der Waals surface area contributed by atoms with Crippen molar-refractivity contribution in [2.45, 2.75) is 39.3 Å². The maximum atomic E-state index is 13.1. The van der Waals surface area contributed by atoms with E-state index in [1.807, 2.05) is 27.7 Å². The second kappa shape index (κ2) is 6.32. The number of carbonyl (C=O) groups is 1. The monoisotopic (exact) mass is 328 g/mol. The quantitative estimate of drug-likeness (QED) is 0.783. The highest BCUT2D eigenvalue weighted by Crippen LogP contribution is 2.28. The summed E-state index contributed by atoms with van der Waals surface area (Å²) in [6.45, 7) is 9.33. The summed E-state index contributed by atoms with van der Waals surface area (Å²) in [4.78, 5) is 16.0. The van der Waals surface area contributed by atoms with Gasteiger partial charge in [-0.1, -0.05) is 11.6 Å². The first kappa shape index (κ1) is 16.9. The smallest absolute Gasteiger partial charge is 0.410 e.